The Bertz CT molecular complexity index is 566. The minimum atomic E-state index is -0.243. The van der Waals surface area contributed by atoms with Gasteiger partial charge in [-0.25, -0.2) is 0 Å². The maximum Gasteiger partial charge on any atom is 0.286 e. The highest BCUT2D eigenvalue weighted by Gasteiger charge is 2.59. The van der Waals surface area contributed by atoms with Crippen LogP contribution in [0.5, 0.6) is 0 Å². The van der Waals surface area contributed by atoms with Crippen molar-refractivity contribution < 1.29 is 18.7 Å². The van der Waals surface area contributed by atoms with E-state index in [4.69, 9.17) is 9.15 Å². The summed E-state index contributed by atoms with van der Waals surface area (Å²) in [6.45, 7) is 3.22. The fraction of sp³-hybridized carbons (Fsp3) is 0.667. The van der Waals surface area contributed by atoms with Crippen molar-refractivity contribution in [2.45, 2.75) is 57.6 Å². The Morgan fingerprint density at radius 1 is 1.42 bits per heavy atom. The summed E-state index contributed by atoms with van der Waals surface area (Å²) in [7, 11) is 0. The van der Waals surface area contributed by atoms with Crippen LogP contribution in [0.1, 0.15) is 56.0 Å². The van der Waals surface area contributed by atoms with Gasteiger partial charge in [0, 0.05) is 31.0 Å². The van der Waals surface area contributed by atoms with E-state index in [1.54, 1.807) is 12.1 Å². The SMILES string of the molecule is CCOC1CC(NC(=O)CCCNC(=O)c2ccco2)C12CCC2. The molecule has 1 aromatic rings. The largest absolute Gasteiger partial charge is 0.459 e. The normalized spacial score (nSPS) is 24.0. The number of hydrogen-bond donors (Lipinski definition) is 2. The zero-order valence-electron chi connectivity index (χ0n) is 14.2. The van der Waals surface area contributed by atoms with Gasteiger partial charge >= 0.3 is 0 Å². The van der Waals surface area contributed by atoms with Gasteiger partial charge in [0.25, 0.3) is 5.91 Å². The fourth-order valence-corrected chi connectivity index (χ4v) is 3.85. The molecule has 2 atom stereocenters. The summed E-state index contributed by atoms with van der Waals surface area (Å²) in [5, 5.41) is 5.91. The minimum absolute atomic E-state index is 0.0634. The van der Waals surface area contributed by atoms with Gasteiger partial charge in [-0.1, -0.05) is 6.42 Å². The zero-order chi connectivity index (χ0) is 17.0. The van der Waals surface area contributed by atoms with Gasteiger partial charge in [-0.05, 0) is 44.7 Å². The van der Waals surface area contributed by atoms with Crippen LogP contribution in [0, 0.1) is 5.41 Å². The second-order valence-electron chi connectivity index (χ2n) is 6.72. The summed E-state index contributed by atoms with van der Waals surface area (Å²) in [5.41, 5.74) is 0.194. The zero-order valence-corrected chi connectivity index (χ0v) is 14.2. The molecule has 0 saturated heterocycles. The molecular weight excluding hydrogens is 308 g/mol. The van der Waals surface area contributed by atoms with E-state index in [1.165, 1.54) is 12.7 Å². The van der Waals surface area contributed by atoms with Crippen LogP contribution in [0.3, 0.4) is 0 Å². The number of furan rings is 1. The highest BCUT2D eigenvalue weighted by molar-refractivity contribution is 5.91. The van der Waals surface area contributed by atoms with Crippen molar-refractivity contribution in [2.24, 2.45) is 5.41 Å². The van der Waals surface area contributed by atoms with Crippen LogP contribution in [0.25, 0.3) is 0 Å². The topological polar surface area (TPSA) is 80.6 Å². The lowest BCUT2D eigenvalue weighted by atomic mass is 9.51. The van der Waals surface area contributed by atoms with Crippen molar-refractivity contribution in [1.82, 2.24) is 10.6 Å². The van der Waals surface area contributed by atoms with E-state index in [-0.39, 0.29) is 23.3 Å². The third kappa shape index (κ3) is 3.34. The molecule has 1 aromatic heterocycles. The van der Waals surface area contributed by atoms with E-state index >= 15 is 0 Å². The third-order valence-electron chi connectivity index (χ3n) is 5.38. The monoisotopic (exact) mass is 334 g/mol. The molecule has 2 amide bonds. The lowest BCUT2D eigenvalue weighted by molar-refractivity contribution is -0.175. The van der Waals surface area contributed by atoms with Crippen LogP contribution in [0.15, 0.2) is 22.8 Å². The van der Waals surface area contributed by atoms with Crippen LogP contribution in [0.2, 0.25) is 0 Å². The van der Waals surface area contributed by atoms with Crippen LogP contribution in [-0.2, 0) is 9.53 Å². The van der Waals surface area contributed by atoms with E-state index in [2.05, 4.69) is 10.6 Å². The Kier molecular flexibility index (Phi) is 5.23. The summed E-state index contributed by atoms with van der Waals surface area (Å²) in [5.74, 6) is 0.114. The van der Waals surface area contributed by atoms with Gasteiger partial charge in [0.05, 0.1) is 12.4 Å². The first kappa shape index (κ1) is 17.0. The number of nitrogens with one attached hydrogen (secondary N) is 2. The molecule has 6 nitrogen and oxygen atoms in total. The third-order valence-corrected chi connectivity index (χ3v) is 5.38. The molecule has 3 rings (SSSR count). The first-order valence-corrected chi connectivity index (χ1v) is 8.88. The van der Waals surface area contributed by atoms with Gasteiger partial charge in [-0.3, -0.25) is 9.59 Å². The number of amides is 2. The molecule has 2 aliphatic rings. The molecule has 1 heterocycles. The number of ether oxygens (including phenoxy) is 1. The van der Waals surface area contributed by atoms with Crippen molar-refractivity contribution in [3.8, 4) is 0 Å². The number of hydrogen-bond acceptors (Lipinski definition) is 4. The van der Waals surface area contributed by atoms with E-state index in [9.17, 15) is 9.59 Å². The van der Waals surface area contributed by atoms with Gasteiger partial charge in [0.2, 0.25) is 5.91 Å². The molecule has 1 spiro atoms. The molecule has 2 unspecified atom stereocenters. The summed E-state index contributed by atoms with van der Waals surface area (Å²) in [4.78, 5) is 23.8. The Balaban J connectivity index is 1.34. The Morgan fingerprint density at radius 3 is 2.88 bits per heavy atom. The number of carbonyl (C=O) groups excluding carboxylic acids is 2. The van der Waals surface area contributed by atoms with E-state index in [1.807, 2.05) is 6.92 Å². The van der Waals surface area contributed by atoms with E-state index < -0.39 is 0 Å². The second-order valence-corrected chi connectivity index (χ2v) is 6.72. The van der Waals surface area contributed by atoms with Gasteiger partial charge in [0.15, 0.2) is 5.76 Å². The number of rotatable bonds is 8. The van der Waals surface area contributed by atoms with Crippen LogP contribution in [-0.4, -0.2) is 37.1 Å². The standard InChI is InChI=1S/C18H26N2O4/c1-2-23-15-12-14(18(15)8-5-9-18)20-16(21)7-3-10-19-17(22)13-6-4-11-24-13/h4,6,11,14-15H,2-3,5,7-10,12H2,1H3,(H,19,22)(H,20,21). The van der Waals surface area contributed by atoms with Crippen molar-refractivity contribution in [3.05, 3.63) is 24.2 Å². The molecule has 132 valence electrons. The maximum atomic E-state index is 12.1. The highest BCUT2D eigenvalue weighted by atomic mass is 16.5. The molecule has 24 heavy (non-hydrogen) atoms. The Morgan fingerprint density at radius 2 is 2.25 bits per heavy atom. The Hall–Kier alpha value is -1.82. The summed E-state index contributed by atoms with van der Waals surface area (Å²) in [6, 6.07) is 3.55. The molecule has 0 aliphatic heterocycles. The Labute approximate surface area is 142 Å². The van der Waals surface area contributed by atoms with Crippen molar-refractivity contribution >= 4 is 11.8 Å². The average molecular weight is 334 g/mol. The minimum Gasteiger partial charge on any atom is -0.459 e. The fourth-order valence-electron chi connectivity index (χ4n) is 3.85. The van der Waals surface area contributed by atoms with E-state index in [0.717, 1.165) is 25.9 Å². The molecule has 2 aliphatic carbocycles. The van der Waals surface area contributed by atoms with Gasteiger partial charge in [0.1, 0.15) is 0 Å². The second kappa shape index (κ2) is 7.38. The predicted molar refractivity (Wildman–Crippen MR) is 88.5 cm³/mol. The van der Waals surface area contributed by atoms with Crippen LogP contribution < -0.4 is 10.6 Å². The highest BCUT2D eigenvalue weighted by Crippen LogP contribution is 2.57. The maximum absolute atomic E-state index is 12.1. The first-order chi connectivity index (χ1) is 11.7. The summed E-state index contributed by atoms with van der Waals surface area (Å²) < 4.78 is 10.8. The first-order valence-electron chi connectivity index (χ1n) is 8.88. The van der Waals surface area contributed by atoms with Gasteiger partial charge in [-0.2, -0.15) is 0 Å². The van der Waals surface area contributed by atoms with Gasteiger partial charge in [-0.15, -0.1) is 0 Å². The molecule has 2 fully saturated rings. The van der Waals surface area contributed by atoms with Crippen LogP contribution in [0.4, 0.5) is 0 Å². The lowest BCUT2D eigenvalue weighted by Crippen LogP contribution is -2.67. The summed E-state index contributed by atoms with van der Waals surface area (Å²) in [6.07, 6.45) is 7.28. The lowest BCUT2D eigenvalue weighted by Gasteiger charge is -2.61. The molecule has 0 bridgehead atoms. The molecule has 2 N–H and O–H groups in total. The quantitative estimate of drug-likeness (QED) is 0.715. The van der Waals surface area contributed by atoms with Crippen LogP contribution >= 0.6 is 0 Å². The van der Waals surface area contributed by atoms with Crippen molar-refractivity contribution in [2.75, 3.05) is 13.2 Å². The summed E-state index contributed by atoms with van der Waals surface area (Å²) >= 11 is 0. The van der Waals surface area contributed by atoms with Crippen molar-refractivity contribution in [3.63, 3.8) is 0 Å². The van der Waals surface area contributed by atoms with Gasteiger partial charge < -0.3 is 19.8 Å². The molecule has 0 aromatic carbocycles. The molecular formula is C18H26N2O4. The smallest absolute Gasteiger partial charge is 0.286 e. The molecule has 0 radical (unpaired) electrons. The molecule has 6 heteroatoms. The molecule has 2 saturated carbocycles. The van der Waals surface area contributed by atoms with Crippen molar-refractivity contribution in [1.29, 1.82) is 0 Å². The van der Waals surface area contributed by atoms with E-state index in [0.29, 0.717) is 31.3 Å². The average Bonchev–Trinajstić information content (AvgIpc) is 3.03. The number of carbonyl (C=O) groups is 2. The predicted octanol–water partition coefficient (Wildman–Crippen LogP) is 2.25.